The smallest absolute Gasteiger partial charge is 0.139 e. The summed E-state index contributed by atoms with van der Waals surface area (Å²) in [6, 6.07) is 14.9. The summed E-state index contributed by atoms with van der Waals surface area (Å²) in [7, 11) is 0. The third-order valence-corrected chi connectivity index (χ3v) is 5.40. The van der Waals surface area contributed by atoms with Crippen molar-refractivity contribution in [1.29, 1.82) is 0 Å². The molecule has 114 valence electrons. The van der Waals surface area contributed by atoms with E-state index in [0.29, 0.717) is 0 Å². The van der Waals surface area contributed by atoms with Crippen LogP contribution in [0.5, 0.6) is 0 Å². The summed E-state index contributed by atoms with van der Waals surface area (Å²) >= 11 is 7.31. The van der Waals surface area contributed by atoms with Gasteiger partial charge in [0.1, 0.15) is 4.32 Å². The van der Waals surface area contributed by atoms with E-state index in [1.807, 2.05) is 24.5 Å². The Labute approximate surface area is 141 Å². The standard InChI is InChI=1S/C17H19N3S2/c1-14(16-7-3-2-4-8-16)20-12-19(13-22-17(20)21)11-15-6-5-9-18-10-15/h2-10,14H,11-13H2,1H3. The second-order valence-corrected chi connectivity index (χ2v) is 7.01. The summed E-state index contributed by atoms with van der Waals surface area (Å²) in [4.78, 5) is 8.89. The molecule has 0 radical (unpaired) electrons. The van der Waals surface area contributed by atoms with Gasteiger partial charge in [0.15, 0.2) is 0 Å². The minimum absolute atomic E-state index is 0.290. The Morgan fingerprint density at radius 1 is 1.23 bits per heavy atom. The zero-order chi connectivity index (χ0) is 15.4. The molecule has 1 aliphatic rings. The summed E-state index contributed by atoms with van der Waals surface area (Å²) < 4.78 is 0.985. The molecule has 1 fully saturated rings. The van der Waals surface area contributed by atoms with Crippen LogP contribution in [0.2, 0.25) is 0 Å². The zero-order valence-corrected chi connectivity index (χ0v) is 14.2. The Bertz CT molecular complexity index is 618. The van der Waals surface area contributed by atoms with Gasteiger partial charge >= 0.3 is 0 Å². The third kappa shape index (κ3) is 3.66. The minimum atomic E-state index is 0.290. The summed E-state index contributed by atoms with van der Waals surface area (Å²) in [6.07, 6.45) is 3.75. The highest BCUT2D eigenvalue weighted by atomic mass is 32.2. The van der Waals surface area contributed by atoms with Gasteiger partial charge < -0.3 is 4.90 Å². The van der Waals surface area contributed by atoms with Crippen molar-refractivity contribution in [3.63, 3.8) is 0 Å². The van der Waals surface area contributed by atoms with Crippen LogP contribution < -0.4 is 0 Å². The molecule has 1 aliphatic heterocycles. The predicted octanol–water partition coefficient (Wildman–Crippen LogP) is 3.89. The van der Waals surface area contributed by atoms with Gasteiger partial charge in [0.25, 0.3) is 0 Å². The Morgan fingerprint density at radius 2 is 2.05 bits per heavy atom. The van der Waals surface area contributed by atoms with Crippen LogP contribution in [-0.4, -0.2) is 31.6 Å². The molecule has 0 spiro atoms. The van der Waals surface area contributed by atoms with E-state index in [9.17, 15) is 0 Å². The quantitative estimate of drug-likeness (QED) is 0.790. The molecular formula is C17H19N3S2. The average molecular weight is 329 g/mol. The summed E-state index contributed by atoms with van der Waals surface area (Å²) in [5.41, 5.74) is 2.54. The molecule has 1 atom stereocenters. The molecule has 5 heteroatoms. The molecule has 0 N–H and O–H groups in total. The molecule has 0 aliphatic carbocycles. The molecule has 22 heavy (non-hydrogen) atoms. The maximum absolute atomic E-state index is 5.57. The number of hydrogen-bond acceptors (Lipinski definition) is 4. The summed E-state index contributed by atoms with van der Waals surface area (Å²) in [5.74, 6) is 0.936. The van der Waals surface area contributed by atoms with Crippen molar-refractivity contribution in [3.8, 4) is 0 Å². The van der Waals surface area contributed by atoms with E-state index in [4.69, 9.17) is 12.2 Å². The van der Waals surface area contributed by atoms with Gasteiger partial charge in [0, 0.05) is 18.9 Å². The van der Waals surface area contributed by atoms with E-state index in [1.165, 1.54) is 11.1 Å². The molecule has 0 saturated carbocycles. The molecular weight excluding hydrogens is 310 g/mol. The first-order valence-corrected chi connectivity index (χ1v) is 8.73. The number of aromatic nitrogens is 1. The second kappa shape index (κ2) is 7.22. The lowest BCUT2D eigenvalue weighted by atomic mass is 10.1. The molecule has 1 aromatic carbocycles. The normalized spacial score (nSPS) is 17.5. The van der Waals surface area contributed by atoms with Gasteiger partial charge in [-0.1, -0.05) is 60.4 Å². The number of nitrogens with zero attached hydrogens (tertiary/aromatic N) is 3. The molecule has 0 bridgehead atoms. The van der Waals surface area contributed by atoms with Crippen molar-refractivity contribution < 1.29 is 0 Å². The minimum Gasteiger partial charge on any atom is -0.338 e. The SMILES string of the molecule is CC(c1ccccc1)N1CN(Cc2cccnc2)CSC1=S. The van der Waals surface area contributed by atoms with Gasteiger partial charge in [0.05, 0.1) is 18.6 Å². The zero-order valence-electron chi connectivity index (χ0n) is 12.6. The summed E-state index contributed by atoms with van der Waals surface area (Å²) in [6.45, 7) is 3.98. The van der Waals surface area contributed by atoms with E-state index < -0.39 is 0 Å². The maximum atomic E-state index is 5.57. The molecule has 0 amide bonds. The van der Waals surface area contributed by atoms with Crippen LogP contribution in [-0.2, 0) is 6.54 Å². The molecule has 3 nitrogen and oxygen atoms in total. The van der Waals surface area contributed by atoms with Crippen LogP contribution in [0.1, 0.15) is 24.1 Å². The topological polar surface area (TPSA) is 19.4 Å². The number of pyridine rings is 1. The van der Waals surface area contributed by atoms with Crippen molar-refractivity contribution >= 4 is 28.3 Å². The number of thiocarbonyl (C=S) groups is 1. The van der Waals surface area contributed by atoms with Gasteiger partial charge in [-0.25, -0.2) is 0 Å². The Balaban J connectivity index is 1.70. The first-order chi connectivity index (χ1) is 10.7. The highest BCUT2D eigenvalue weighted by Gasteiger charge is 2.26. The number of hydrogen-bond donors (Lipinski definition) is 0. The van der Waals surface area contributed by atoms with E-state index in [1.54, 1.807) is 11.8 Å². The van der Waals surface area contributed by atoms with Crippen molar-refractivity contribution in [1.82, 2.24) is 14.8 Å². The van der Waals surface area contributed by atoms with E-state index in [0.717, 1.165) is 23.4 Å². The lowest BCUT2D eigenvalue weighted by Gasteiger charge is -2.40. The number of thioether (sulfide) groups is 1. The van der Waals surface area contributed by atoms with Crippen molar-refractivity contribution in [2.24, 2.45) is 0 Å². The van der Waals surface area contributed by atoms with Gasteiger partial charge in [-0.2, -0.15) is 0 Å². The first kappa shape index (κ1) is 15.5. The van der Waals surface area contributed by atoms with E-state index >= 15 is 0 Å². The Morgan fingerprint density at radius 3 is 2.77 bits per heavy atom. The first-order valence-electron chi connectivity index (χ1n) is 7.33. The van der Waals surface area contributed by atoms with E-state index in [-0.39, 0.29) is 6.04 Å². The molecule has 3 rings (SSSR count). The Hall–Kier alpha value is -1.43. The van der Waals surface area contributed by atoms with Crippen LogP contribution in [0.3, 0.4) is 0 Å². The number of rotatable bonds is 4. The van der Waals surface area contributed by atoms with E-state index in [2.05, 4.69) is 52.0 Å². The fourth-order valence-corrected chi connectivity index (χ4v) is 3.80. The van der Waals surface area contributed by atoms with Crippen LogP contribution >= 0.6 is 24.0 Å². The molecule has 1 unspecified atom stereocenters. The highest BCUT2D eigenvalue weighted by Crippen LogP contribution is 2.29. The van der Waals surface area contributed by atoms with Crippen LogP contribution in [0, 0.1) is 0 Å². The Kier molecular flexibility index (Phi) is 5.08. The largest absolute Gasteiger partial charge is 0.338 e. The highest BCUT2D eigenvalue weighted by molar-refractivity contribution is 8.22. The van der Waals surface area contributed by atoms with Crippen LogP contribution in [0.15, 0.2) is 54.9 Å². The second-order valence-electron chi connectivity index (χ2n) is 5.43. The molecule has 1 saturated heterocycles. The monoisotopic (exact) mass is 329 g/mol. The van der Waals surface area contributed by atoms with Crippen molar-refractivity contribution in [2.75, 3.05) is 12.5 Å². The van der Waals surface area contributed by atoms with Gasteiger partial charge in [-0.15, -0.1) is 0 Å². The molecule has 1 aromatic heterocycles. The average Bonchev–Trinajstić information content (AvgIpc) is 2.58. The van der Waals surface area contributed by atoms with Gasteiger partial charge in [-0.3, -0.25) is 9.88 Å². The van der Waals surface area contributed by atoms with Gasteiger partial charge in [0.2, 0.25) is 0 Å². The fraction of sp³-hybridized carbons (Fsp3) is 0.294. The molecule has 2 aromatic rings. The fourth-order valence-electron chi connectivity index (χ4n) is 2.58. The predicted molar refractivity (Wildman–Crippen MR) is 96.4 cm³/mol. The maximum Gasteiger partial charge on any atom is 0.139 e. The lowest BCUT2D eigenvalue weighted by Crippen LogP contribution is -2.45. The third-order valence-electron chi connectivity index (χ3n) is 3.84. The summed E-state index contributed by atoms with van der Waals surface area (Å²) in [5, 5.41) is 0. The van der Waals surface area contributed by atoms with Crippen LogP contribution in [0.4, 0.5) is 0 Å². The lowest BCUT2D eigenvalue weighted by molar-refractivity contribution is 0.176. The van der Waals surface area contributed by atoms with Crippen molar-refractivity contribution in [2.45, 2.75) is 19.5 Å². The molecule has 2 heterocycles. The van der Waals surface area contributed by atoms with Crippen LogP contribution in [0.25, 0.3) is 0 Å². The number of benzene rings is 1. The van der Waals surface area contributed by atoms with Crippen molar-refractivity contribution in [3.05, 3.63) is 66.0 Å². The van der Waals surface area contributed by atoms with Gasteiger partial charge in [-0.05, 0) is 24.1 Å².